The molecule has 0 bridgehead atoms. The molecule has 5 nitrogen and oxygen atoms in total. The fourth-order valence-electron chi connectivity index (χ4n) is 1.41. The Bertz CT molecular complexity index is 369. The predicted octanol–water partition coefficient (Wildman–Crippen LogP) is 0.633. The fourth-order valence-corrected chi connectivity index (χ4v) is 1.41. The van der Waals surface area contributed by atoms with Gasteiger partial charge in [0.05, 0.1) is 6.61 Å². The first-order valence-electron chi connectivity index (χ1n) is 5.46. The number of rotatable bonds is 6. The molecule has 0 aromatic heterocycles. The van der Waals surface area contributed by atoms with Gasteiger partial charge in [0.15, 0.2) is 0 Å². The van der Waals surface area contributed by atoms with Crippen LogP contribution < -0.4 is 16.0 Å². The molecule has 3 N–H and O–H groups in total. The molecule has 94 valence electrons. The molecule has 0 spiro atoms. The van der Waals surface area contributed by atoms with E-state index in [-0.39, 0.29) is 6.61 Å². The van der Waals surface area contributed by atoms with E-state index in [0.717, 1.165) is 12.0 Å². The minimum atomic E-state index is -0.739. The smallest absolute Gasteiger partial charge is 0.277 e. The summed E-state index contributed by atoms with van der Waals surface area (Å²) in [5.41, 5.74) is 3.20. The van der Waals surface area contributed by atoms with Crippen molar-refractivity contribution in [2.75, 3.05) is 13.7 Å². The van der Waals surface area contributed by atoms with Crippen LogP contribution in [0.3, 0.4) is 0 Å². The molecule has 0 saturated carbocycles. The van der Waals surface area contributed by atoms with Crippen LogP contribution in [0, 0.1) is 0 Å². The molecular formula is C12H18N2O3. The summed E-state index contributed by atoms with van der Waals surface area (Å²) in [6, 6.07) is 7.58. The van der Waals surface area contributed by atoms with Crippen molar-refractivity contribution in [2.45, 2.75) is 19.4 Å². The third-order valence-electron chi connectivity index (χ3n) is 2.34. The van der Waals surface area contributed by atoms with Crippen LogP contribution in [-0.2, 0) is 16.0 Å². The lowest BCUT2D eigenvalue weighted by molar-refractivity contribution is -0.130. The normalized spacial score (nSPS) is 11.9. The van der Waals surface area contributed by atoms with E-state index in [1.165, 1.54) is 7.11 Å². The zero-order valence-corrected chi connectivity index (χ0v) is 10.1. The molecule has 1 aromatic rings. The summed E-state index contributed by atoms with van der Waals surface area (Å²) >= 11 is 0. The van der Waals surface area contributed by atoms with E-state index in [4.69, 9.17) is 15.3 Å². The first-order valence-corrected chi connectivity index (χ1v) is 5.46. The van der Waals surface area contributed by atoms with Gasteiger partial charge in [0.25, 0.3) is 5.91 Å². The van der Waals surface area contributed by atoms with Crippen LogP contribution in [0.4, 0.5) is 0 Å². The van der Waals surface area contributed by atoms with Crippen molar-refractivity contribution in [1.82, 2.24) is 5.43 Å². The van der Waals surface area contributed by atoms with Gasteiger partial charge in [-0.1, -0.05) is 19.1 Å². The fraction of sp³-hybridized carbons (Fsp3) is 0.417. The van der Waals surface area contributed by atoms with Gasteiger partial charge >= 0.3 is 0 Å². The molecule has 1 unspecified atom stereocenters. The van der Waals surface area contributed by atoms with Gasteiger partial charge in [0, 0.05) is 7.11 Å². The zero-order valence-electron chi connectivity index (χ0n) is 10.1. The number of benzene rings is 1. The molecule has 1 rings (SSSR count). The highest BCUT2D eigenvalue weighted by molar-refractivity contribution is 5.80. The number of carbonyl (C=O) groups excluding carboxylic acids is 1. The number of ether oxygens (including phenoxy) is 2. The third-order valence-corrected chi connectivity index (χ3v) is 2.34. The zero-order chi connectivity index (χ0) is 12.7. The van der Waals surface area contributed by atoms with Crippen molar-refractivity contribution in [3.05, 3.63) is 29.8 Å². The molecule has 1 atom stereocenters. The monoisotopic (exact) mass is 238 g/mol. The highest BCUT2D eigenvalue weighted by Crippen LogP contribution is 2.15. The number of nitrogens with two attached hydrogens (primary N) is 1. The number of aryl methyl sites for hydroxylation is 1. The number of hydrogen-bond donors (Lipinski definition) is 2. The number of carbonyl (C=O) groups is 1. The lowest BCUT2D eigenvalue weighted by Crippen LogP contribution is -2.44. The lowest BCUT2D eigenvalue weighted by atomic mass is 10.2. The Balaban J connectivity index is 2.74. The third kappa shape index (κ3) is 4.05. The molecule has 0 saturated heterocycles. The van der Waals surface area contributed by atoms with Gasteiger partial charge in [-0.05, 0) is 24.1 Å². The Morgan fingerprint density at radius 2 is 2.29 bits per heavy atom. The number of amides is 1. The second kappa shape index (κ2) is 6.88. The molecule has 0 aliphatic carbocycles. The van der Waals surface area contributed by atoms with E-state index in [0.29, 0.717) is 5.75 Å². The van der Waals surface area contributed by atoms with Crippen LogP contribution in [0.1, 0.15) is 12.5 Å². The maximum atomic E-state index is 11.4. The predicted molar refractivity (Wildman–Crippen MR) is 64.4 cm³/mol. The van der Waals surface area contributed by atoms with Crippen LogP contribution in [0.5, 0.6) is 5.75 Å². The van der Waals surface area contributed by atoms with Crippen molar-refractivity contribution in [3.63, 3.8) is 0 Å². The summed E-state index contributed by atoms with van der Waals surface area (Å²) in [4.78, 5) is 11.4. The molecule has 1 aromatic carbocycles. The van der Waals surface area contributed by atoms with E-state index in [9.17, 15) is 4.79 Å². The summed E-state index contributed by atoms with van der Waals surface area (Å²) in [6.45, 7) is 2.21. The average molecular weight is 238 g/mol. The Labute approximate surface area is 101 Å². The molecule has 17 heavy (non-hydrogen) atoms. The first kappa shape index (κ1) is 13.5. The van der Waals surface area contributed by atoms with E-state index in [2.05, 4.69) is 12.3 Å². The number of hydrazine groups is 1. The topological polar surface area (TPSA) is 73.6 Å². The van der Waals surface area contributed by atoms with Gasteiger partial charge < -0.3 is 9.47 Å². The maximum Gasteiger partial charge on any atom is 0.277 e. The average Bonchev–Trinajstić information content (AvgIpc) is 2.37. The summed E-state index contributed by atoms with van der Waals surface area (Å²) in [5.74, 6) is 5.30. The van der Waals surface area contributed by atoms with Gasteiger partial charge in [0.2, 0.25) is 6.10 Å². The maximum absolute atomic E-state index is 11.4. The highest BCUT2D eigenvalue weighted by Gasteiger charge is 2.19. The summed E-state index contributed by atoms with van der Waals surface area (Å²) in [6.07, 6.45) is 0.173. The number of methoxy groups -OCH3 is 1. The molecule has 1 amide bonds. The van der Waals surface area contributed by atoms with Crippen LogP contribution >= 0.6 is 0 Å². The molecule has 0 radical (unpaired) electrons. The summed E-state index contributed by atoms with van der Waals surface area (Å²) in [5, 5.41) is 0. The van der Waals surface area contributed by atoms with Crippen molar-refractivity contribution in [3.8, 4) is 5.75 Å². The van der Waals surface area contributed by atoms with E-state index in [1.54, 1.807) is 6.07 Å². The Morgan fingerprint density at radius 1 is 1.53 bits per heavy atom. The summed E-state index contributed by atoms with van der Waals surface area (Å²) in [7, 11) is 1.50. The van der Waals surface area contributed by atoms with Crippen molar-refractivity contribution < 1.29 is 14.3 Å². The number of hydrogen-bond acceptors (Lipinski definition) is 4. The van der Waals surface area contributed by atoms with E-state index in [1.807, 2.05) is 18.2 Å². The Kier molecular flexibility index (Phi) is 5.45. The molecular weight excluding hydrogens is 220 g/mol. The van der Waals surface area contributed by atoms with Gasteiger partial charge in [-0.3, -0.25) is 10.2 Å². The quantitative estimate of drug-likeness (QED) is 0.433. The van der Waals surface area contributed by atoms with Gasteiger partial charge in [-0.2, -0.15) is 0 Å². The van der Waals surface area contributed by atoms with E-state index < -0.39 is 12.0 Å². The Hall–Kier alpha value is -1.59. The van der Waals surface area contributed by atoms with Crippen molar-refractivity contribution in [2.24, 2.45) is 5.84 Å². The second-order valence-electron chi connectivity index (χ2n) is 3.57. The van der Waals surface area contributed by atoms with Crippen molar-refractivity contribution >= 4 is 5.91 Å². The molecule has 0 fully saturated rings. The minimum Gasteiger partial charge on any atom is -0.478 e. The highest BCUT2D eigenvalue weighted by atomic mass is 16.5. The SMILES string of the molecule is CCc1cccc(OC(COC)C(=O)NN)c1. The van der Waals surface area contributed by atoms with Crippen LogP contribution in [0.2, 0.25) is 0 Å². The molecule has 0 aliphatic heterocycles. The Morgan fingerprint density at radius 3 is 2.88 bits per heavy atom. The summed E-state index contributed by atoms with van der Waals surface area (Å²) < 4.78 is 10.4. The lowest BCUT2D eigenvalue weighted by Gasteiger charge is -2.17. The standard InChI is InChI=1S/C12H18N2O3/c1-3-9-5-4-6-10(7-9)17-11(8-16-2)12(15)14-13/h4-7,11H,3,8,13H2,1-2H3,(H,14,15). The van der Waals surface area contributed by atoms with Crippen LogP contribution in [-0.4, -0.2) is 25.7 Å². The van der Waals surface area contributed by atoms with Crippen LogP contribution in [0.15, 0.2) is 24.3 Å². The first-order chi connectivity index (χ1) is 8.21. The van der Waals surface area contributed by atoms with Crippen LogP contribution in [0.25, 0.3) is 0 Å². The number of nitrogens with one attached hydrogen (secondary N) is 1. The second-order valence-corrected chi connectivity index (χ2v) is 3.57. The van der Waals surface area contributed by atoms with Gasteiger partial charge in [0.1, 0.15) is 5.75 Å². The molecule has 0 heterocycles. The largest absolute Gasteiger partial charge is 0.478 e. The van der Waals surface area contributed by atoms with Gasteiger partial charge in [-0.15, -0.1) is 0 Å². The molecule has 5 heteroatoms. The van der Waals surface area contributed by atoms with E-state index >= 15 is 0 Å². The molecule has 0 aliphatic rings. The minimum absolute atomic E-state index is 0.152. The van der Waals surface area contributed by atoms with Gasteiger partial charge in [-0.25, -0.2) is 5.84 Å². The van der Waals surface area contributed by atoms with Crippen molar-refractivity contribution in [1.29, 1.82) is 0 Å².